The highest BCUT2D eigenvalue weighted by Gasteiger charge is 2.24. The Morgan fingerprint density at radius 2 is 1.60 bits per heavy atom. The minimum absolute atomic E-state index is 0.134. The fourth-order valence-electron chi connectivity index (χ4n) is 3.50. The highest BCUT2D eigenvalue weighted by atomic mass is 79.9. The molecule has 160 valence electrons. The van der Waals surface area contributed by atoms with Gasteiger partial charge in [-0.25, -0.2) is 0 Å². The molecule has 0 saturated carbocycles. The second kappa shape index (κ2) is 9.98. The van der Waals surface area contributed by atoms with Crippen LogP contribution in [0.25, 0.3) is 0 Å². The number of nitrogens with one attached hydrogen (secondary N) is 2. The Morgan fingerprint density at radius 1 is 0.967 bits per heavy atom. The maximum Gasteiger partial charge on any atom is 0.222 e. The Labute approximate surface area is 185 Å². The van der Waals surface area contributed by atoms with Crippen LogP contribution in [0.2, 0.25) is 0 Å². The molecule has 7 heteroatoms. The van der Waals surface area contributed by atoms with E-state index in [0.29, 0.717) is 19.0 Å². The summed E-state index contributed by atoms with van der Waals surface area (Å²) in [6, 6.07) is 12.8. The van der Waals surface area contributed by atoms with Crippen LogP contribution in [-0.2, 0) is 9.59 Å². The summed E-state index contributed by atoms with van der Waals surface area (Å²) in [5.74, 6) is 1.28. The molecule has 2 amide bonds. The summed E-state index contributed by atoms with van der Waals surface area (Å²) in [7, 11) is 0. The number of ether oxygens (including phenoxy) is 2. The van der Waals surface area contributed by atoms with Crippen molar-refractivity contribution in [1.29, 1.82) is 0 Å². The number of carbonyl (C=O) groups is 2. The topological polar surface area (TPSA) is 76.7 Å². The van der Waals surface area contributed by atoms with Gasteiger partial charge in [-0.1, -0.05) is 48.0 Å². The molecule has 2 N–H and O–H groups in total. The lowest BCUT2D eigenvalue weighted by atomic mass is 9.94. The highest BCUT2D eigenvalue weighted by Crippen LogP contribution is 2.34. The molecule has 0 radical (unpaired) electrons. The third kappa shape index (κ3) is 5.75. The average molecular weight is 475 g/mol. The Hall–Kier alpha value is -2.54. The van der Waals surface area contributed by atoms with Crippen LogP contribution in [0.1, 0.15) is 50.4 Å². The van der Waals surface area contributed by atoms with Gasteiger partial charge in [-0.05, 0) is 41.3 Å². The number of fused-ring (bicyclic) bond motifs is 1. The van der Waals surface area contributed by atoms with E-state index in [9.17, 15) is 9.59 Å². The number of hydrogen-bond donors (Lipinski definition) is 2. The maximum atomic E-state index is 12.9. The third-order valence-electron chi connectivity index (χ3n) is 4.95. The number of carbonyl (C=O) groups excluding carboxylic acids is 2. The monoisotopic (exact) mass is 474 g/mol. The second-order valence-corrected chi connectivity index (χ2v) is 8.62. The summed E-state index contributed by atoms with van der Waals surface area (Å²) < 4.78 is 12.2. The molecule has 3 rings (SSSR count). The van der Waals surface area contributed by atoms with Gasteiger partial charge in [0.1, 0.15) is 13.2 Å². The van der Waals surface area contributed by atoms with Crippen molar-refractivity contribution in [2.75, 3.05) is 13.2 Å². The number of rotatable bonds is 7. The normalized spacial score (nSPS) is 14.7. The molecule has 1 aliphatic heterocycles. The van der Waals surface area contributed by atoms with Crippen molar-refractivity contribution in [2.24, 2.45) is 5.92 Å². The Morgan fingerprint density at radius 3 is 2.23 bits per heavy atom. The Balaban J connectivity index is 1.75. The summed E-state index contributed by atoms with van der Waals surface area (Å²) in [4.78, 5) is 24.6. The molecule has 2 unspecified atom stereocenters. The summed E-state index contributed by atoms with van der Waals surface area (Å²) >= 11 is 3.41. The van der Waals surface area contributed by atoms with Crippen molar-refractivity contribution in [2.45, 2.75) is 39.3 Å². The molecule has 1 aliphatic rings. The van der Waals surface area contributed by atoms with Crippen LogP contribution in [0, 0.1) is 5.92 Å². The minimum Gasteiger partial charge on any atom is -0.486 e. The number of benzene rings is 2. The Bertz CT molecular complexity index is 899. The first-order chi connectivity index (χ1) is 14.3. The molecule has 0 aliphatic carbocycles. The van der Waals surface area contributed by atoms with Crippen LogP contribution in [0.5, 0.6) is 11.5 Å². The predicted molar refractivity (Wildman–Crippen MR) is 118 cm³/mol. The van der Waals surface area contributed by atoms with Crippen molar-refractivity contribution in [3.8, 4) is 11.5 Å². The number of halogens is 1. The van der Waals surface area contributed by atoms with E-state index in [-0.39, 0.29) is 30.2 Å². The van der Waals surface area contributed by atoms with Gasteiger partial charge >= 0.3 is 0 Å². The van der Waals surface area contributed by atoms with Gasteiger partial charge in [0, 0.05) is 11.4 Å². The first-order valence-corrected chi connectivity index (χ1v) is 10.8. The molecule has 30 heavy (non-hydrogen) atoms. The van der Waals surface area contributed by atoms with Crippen molar-refractivity contribution in [3.63, 3.8) is 0 Å². The molecule has 1 heterocycles. The first kappa shape index (κ1) is 22.2. The van der Waals surface area contributed by atoms with Crippen LogP contribution in [0.3, 0.4) is 0 Å². The lowest BCUT2D eigenvalue weighted by molar-refractivity contribution is -0.123. The lowest BCUT2D eigenvalue weighted by Crippen LogP contribution is -2.36. The van der Waals surface area contributed by atoms with Crippen LogP contribution in [-0.4, -0.2) is 25.0 Å². The standard InChI is InChI=1S/C23H27BrN2O4/c1-14(2)23(17-6-9-20-21(12-17)30-11-10-29-20)26-22(28)13-19(25-15(3)27)16-4-7-18(24)8-5-16/h4-9,12,14,19,23H,10-11,13H2,1-3H3,(H,25,27)(H,26,28). The predicted octanol–water partition coefficient (Wildman–Crippen LogP) is 4.30. The number of amides is 2. The van der Waals surface area contributed by atoms with E-state index in [1.807, 2.05) is 42.5 Å². The van der Waals surface area contributed by atoms with Gasteiger partial charge in [-0.15, -0.1) is 0 Å². The van der Waals surface area contributed by atoms with Gasteiger partial charge in [0.25, 0.3) is 0 Å². The average Bonchev–Trinajstić information content (AvgIpc) is 2.71. The van der Waals surface area contributed by atoms with E-state index in [0.717, 1.165) is 21.3 Å². The van der Waals surface area contributed by atoms with Gasteiger partial charge in [0.05, 0.1) is 18.5 Å². The van der Waals surface area contributed by atoms with Gasteiger partial charge < -0.3 is 20.1 Å². The van der Waals surface area contributed by atoms with E-state index >= 15 is 0 Å². The molecule has 0 aromatic heterocycles. The summed E-state index contributed by atoms with van der Waals surface area (Å²) in [6.07, 6.45) is 0.148. The summed E-state index contributed by atoms with van der Waals surface area (Å²) in [6.45, 7) is 6.62. The van der Waals surface area contributed by atoms with Crippen molar-refractivity contribution in [1.82, 2.24) is 10.6 Å². The molecule has 2 aromatic carbocycles. The van der Waals surface area contributed by atoms with Gasteiger partial charge in [-0.3, -0.25) is 9.59 Å². The van der Waals surface area contributed by atoms with E-state index < -0.39 is 6.04 Å². The molecular weight excluding hydrogens is 448 g/mol. The summed E-state index contributed by atoms with van der Waals surface area (Å²) in [5, 5.41) is 6.01. The minimum atomic E-state index is -0.399. The van der Waals surface area contributed by atoms with Crippen LogP contribution in [0.4, 0.5) is 0 Å². The molecule has 0 saturated heterocycles. The fraction of sp³-hybridized carbons (Fsp3) is 0.391. The van der Waals surface area contributed by atoms with Crippen LogP contribution < -0.4 is 20.1 Å². The molecular formula is C23H27BrN2O4. The zero-order valence-electron chi connectivity index (χ0n) is 17.4. The molecule has 6 nitrogen and oxygen atoms in total. The van der Waals surface area contributed by atoms with Crippen LogP contribution >= 0.6 is 15.9 Å². The highest BCUT2D eigenvalue weighted by molar-refractivity contribution is 9.10. The lowest BCUT2D eigenvalue weighted by Gasteiger charge is -2.26. The van der Waals surface area contributed by atoms with Crippen LogP contribution in [0.15, 0.2) is 46.9 Å². The molecule has 2 aromatic rings. The molecule has 0 bridgehead atoms. The fourth-order valence-corrected chi connectivity index (χ4v) is 3.76. The molecule has 0 spiro atoms. The third-order valence-corrected chi connectivity index (χ3v) is 5.48. The van der Waals surface area contributed by atoms with Gasteiger partial charge in [-0.2, -0.15) is 0 Å². The van der Waals surface area contributed by atoms with E-state index in [4.69, 9.17) is 9.47 Å². The quantitative estimate of drug-likeness (QED) is 0.626. The summed E-state index contributed by atoms with van der Waals surface area (Å²) in [5.41, 5.74) is 1.84. The second-order valence-electron chi connectivity index (χ2n) is 7.70. The van der Waals surface area contributed by atoms with E-state index in [1.54, 1.807) is 0 Å². The van der Waals surface area contributed by atoms with Crippen molar-refractivity contribution in [3.05, 3.63) is 58.1 Å². The first-order valence-electron chi connectivity index (χ1n) is 10.0. The zero-order chi connectivity index (χ0) is 21.7. The zero-order valence-corrected chi connectivity index (χ0v) is 19.0. The van der Waals surface area contributed by atoms with Crippen molar-refractivity contribution < 1.29 is 19.1 Å². The number of hydrogen-bond acceptors (Lipinski definition) is 4. The SMILES string of the molecule is CC(=O)NC(CC(=O)NC(c1ccc2c(c1)OCCO2)C(C)C)c1ccc(Br)cc1. The smallest absolute Gasteiger partial charge is 0.222 e. The van der Waals surface area contributed by atoms with Crippen molar-refractivity contribution >= 4 is 27.7 Å². The van der Waals surface area contributed by atoms with Gasteiger partial charge in [0.2, 0.25) is 11.8 Å². The Kier molecular flexibility index (Phi) is 7.37. The molecule has 2 atom stereocenters. The molecule has 0 fully saturated rings. The maximum absolute atomic E-state index is 12.9. The van der Waals surface area contributed by atoms with E-state index in [2.05, 4.69) is 40.4 Å². The van der Waals surface area contributed by atoms with Gasteiger partial charge in [0.15, 0.2) is 11.5 Å². The van der Waals surface area contributed by atoms with E-state index in [1.165, 1.54) is 6.92 Å². The largest absolute Gasteiger partial charge is 0.486 e.